The van der Waals surface area contributed by atoms with Crippen molar-refractivity contribution >= 4 is 56.0 Å². The van der Waals surface area contributed by atoms with Crippen molar-refractivity contribution in [2.75, 3.05) is 0 Å². The minimum absolute atomic E-state index is 0. The zero-order chi connectivity index (χ0) is 29.4. The van der Waals surface area contributed by atoms with E-state index in [2.05, 4.69) is 73.6 Å². The number of hydrogen-bond donors (Lipinski definition) is 0. The molecule has 3 aromatic heterocycles. The molecule has 42 heavy (non-hydrogen) atoms. The van der Waals surface area contributed by atoms with Crippen LogP contribution in [-0.4, -0.2) is 9.97 Å². The van der Waals surface area contributed by atoms with Crippen molar-refractivity contribution in [1.29, 1.82) is 0 Å². The Kier molecular flexibility index (Phi) is 10.3. The van der Waals surface area contributed by atoms with Gasteiger partial charge in [-0.15, -0.1) is 22.1 Å². The van der Waals surface area contributed by atoms with Gasteiger partial charge in [-0.25, -0.2) is 9.97 Å². The van der Waals surface area contributed by atoms with Crippen LogP contribution in [0.2, 0.25) is 5.02 Å². The second-order valence-electron chi connectivity index (χ2n) is 10.9. The van der Waals surface area contributed by atoms with Crippen LogP contribution in [0.5, 0.6) is 0 Å². The molecule has 6 heteroatoms. The summed E-state index contributed by atoms with van der Waals surface area (Å²) in [4.78, 5) is 20.9. The molecule has 0 aromatic carbocycles. The van der Waals surface area contributed by atoms with Crippen molar-refractivity contribution in [2.24, 2.45) is 0 Å². The van der Waals surface area contributed by atoms with Crippen LogP contribution in [0.4, 0.5) is 0 Å². The van der Waals surface area contributed by atoms with Gasteiger partial charge in [0.05, 0.1) is 27.8 Å². The van der Waals surface area contributed by atoms with Crippen molar-refractivity contribution in [3.05, 3.63) is 68.3 Å². The molecule has 8 bridgehead atoms. The van der Waals surface area contributed by atoms with E-state index < -0.39 is 0 Å². The van der Waals surface area contributed by atoms with E-state index in [0.717, 1.165) is 96.2 Å². The van der Waals surface area contributed by atoms with Gasteiger partial charge in [-0.05, 0) is 73.7 Å². The summed E-state index contributed by atoms with van der Waals surface area (Å²) in [5.74, 6) is 0. The van der Waals surface area contributed by atoms with E-state index in [1.165, 1.54) is 44.5 Å². The molecule has 2 aliphatic rings. The fraction of sp³-hybridized carbons (Fsp3) is 0.444. The maximum Gasteiger partial charge on any atom is 2.00 e. The monoisotopic (exact) mass is 624 g/mol. The second-order valence-corrected chi connectivity index (χ2v) is 11.2. The SMILES string of the molecule is CCC1=C(CC)c2cc3[n-]c(c(Cl)c4nc(cc5[n-]c(cc1n2)c(CC)c5CC)C(CC)=C4CC)c(CC)c3CC.[Ni+2]. The van der Waals surface area contributed by atoms with Crippen LogP contribution in [0.3, 0.4) is 0 Å². The Bertz CT molecular complexity index is 1730. The summed E-state index contributed by atoms with van der Waals surface area (Å²) in [6.07, 6.45) is 7.22. The van der Waals surface area contributed by atoms with Crippen molar-refractivity contribution in [3.8, 4) is 0 Å². The summed E-state index contributed by atoms with van der Waals surface area (Å²) in [6.45, 7) is 17.7. The number of allylic oxidation sites excluding steroid dienone is 4. The summed E-state index contributed by atoms with van der Waals surface area (Å²) in [7, 11) is 0. The molecular formula is C36H43ClN4Ni. The Morgan fingerprint density at radius 2 is 0.881 bits per heavy atom. The molecule has 0 unspecified atom stereocenters. The summed E-state index contributed by atoms with van der Waals surface area (Å²) in [5, 5.41) is 0.657. The number of aromatic nitrogens is 4. The van der Waals surface area contributed by atoms with Gasteiger partial charge in [-0.1, -0.05) is 107 Å². The van der Waals surface area contributed by atoms with E-state index in [9.17, 15) is 0 Å². The summed E-state index contributed by atoms with van der Waals surface area (Å²) in [5.41, 5.74) is 18.0. The van der Waals surface area contributed by atoms with Gasteiger partial charge in [-0.3, -0.25) is 0 Å². The smallest absolute Gasteiger partial charge is 0.657 e. The topological polar surface area (TPSA) is 54.0 Å². The second kappa shape index (κ2) is 13.4. The van der Waals surface area contributed by atoms with E-state index in [1.807, 2.05) is 0 Å². The third kappa shape index (κ3) is 5.22. The molecular weight excluding hydrogens is 583 g/mol. The van der Waals surface area contributed by atoms with E-state index >= 15 is 0 Å². The van der Waals surface area contributed by atoms with Gasteiger partial charge in [0.1, 0.15) is 0 Å². The Morgan fingerprint density at radius 3 is 1.31 bits per heavy atom. The quantitative estimate of drug-likeness (QED) is 0.234. The Balaban J connectivity index is 0.00000405. The van der Waals surface area contributed by atoms with E-state index in [-0.39, 0.29) is 16.5 Å². The Labute approximate surface area is 266 Å². The summed E-state index contributed by atoms with van der Waals surface area (Å²) in [6, 6.07) is 6.63. The summed E-state index contributed by atoms with van der Waals surface area (Å²) < 4.78 is 0. The number of hydrogen-bond acceptors (Lipinski definition) is 2. The fourth-order valence-corrected chi connectivity index (χ4v) is 7.28. The van der Waals surface area contributed by atoms with Crippen LogP contribution in [0.15, 0.2) is 18.2 Å². The first kappa shape index (κ1) is 32.3. The first-order chi connectivity index (χ1) is 19.9. The zero-order valence-corrected chi connectivity index (χ0v) is 28.1. The zero-order valence-electron chi connectivity index (χ0n) is 26.4. The van der Waals surface area contributed by atoms with Gasteiger partial charge >= 0.3 is 16.5 Å². The number of nitrogens with zero attached hydrogens (tertiary/aromatic N) is 4. The number of halogens is 1. The van der Waals surface area contributed by atoms with Crippen LogP contribution in [-0.2, 0) is 42.2 Å². The van der Waals surface area contributed by atoms with Crippen LogP contribution in [0.1, 0.15) is 126 Å². The molecule has 3 aromatic rings. The predicted molar refractivity (Wildman–Crippen MR) is 176 cm³/mol. The van der Waals surface area contributed by atoms with Gasteiger partial charge in [0.25, 0.3) is 0 Å². The van der Waals surface area contributed by atoms with E-state index in [4.69, 9.17) is 31.5 Å². The van der Waals surface area contributed by atoms with Gasteiger partial charge in [-0.2, -0.15) is 0 Å². The first-order valence-corrected chi connectivity index (χ1v) is 16.1. The number of rotatable bonds is 8. The maximum absolute atomic E-state index is 7.32. The molecule has 0 fully saturated rings. The number of fused-ring (bicyclic) bond motifs is 8. The molecule has 4 nitrogen and oxygen atoms in total. The normalized spacial score (nSPS) is 13.3. The minimum atomic E-state index is 0. The number of aryl methyl sites for hydroxylation is 4. The van der Waals surface area contributed by atoms with Gasteiger partial charge in [0.2, 0.25) is 0 Å². The molecule has 0 saturated carbocycles. The average molecular weight is 626 g/mol. The molecule has 0 spiro atoms. The van der Waals surface area contributed by atoms with Crippen molar-refractivity contribution < 1.29 is 16.5 Å². The van der Waals surface area contributed by atoms with Crippen LogP contribution in [0.25, 0.3) is 44.4 Å². The van der Waals surface area contributed by atoms with Gasteiger partial charge in [0, 0.05) is 0 Å². The van der Waals surface area contributed by atoms with Crippen LogP contribution in [0, 0.1) is 0 Å². The molecule has 0 amide bonds. The first-order valence-electron chi connectivity index (χ1n) is 15.7. The molecule has 5 rings (SSSR count). The molecule has 224 valence electrons. The van der Waals surface area contributed by atoms with Gasteiger partial charge < -0.3 is 9.97 Å². The van der Waals surface area contributed by atoms with Crippen LogP contribution < -0.4 is 9.97 Å². The molecule has 0 radical (unpaired) electrons. The van der Waals surface area contributed by atoms with E-state index in [1.54, 1.807) is 0 Å². The molecule has 2 aliphatic heterocycles. The largest absolute Gasteiger partial charge is 2.00 e. The van der Waals surface area contributed by atoms with Crippen molar-refractivity contribution in [1.82, 2.24) is 19.9 Å². The van der Waals surface area contributed by atoms with Crippen molar-refractivity contribution in [2.45, 2.75) is 107 Å². The standard InChI is InChI=1S/C36H43ClN4.Ni/c1-9-20-22(11-3)30-18-32-24(13-5)26(15-7)35(40-32)34(37)36-27(16-8)25(14-6)33(41-36)19-31-23(12-4)21(10-2)29(39-31)17-28(20)38-30;/h17-19H,9-16H2,1-8H3;/q-2;+2. The fourth-order valence-electron chi connectivity index (χ4n) is 6.96. The molecule has 0 atom stereocenters. The molecule has 5 heterocycles. The third-order valence-corrected chi connectivity index (χ3v) is 9.25. The van der Waals surface area contributed by atoms with Gasteiger partial charge in [0.15, 0.2) is 0 Å². The van der Waals surface area contributed by atoms with Crippen molar-refractivity contribution in [3.63, 3.8) is 0 Å². The Hall–Kier alpha value is -2.62. The average Bonchev–Trinajstić information content (AvgIpc) is 3.71. The molecule has 0 aliphatic carbocycles. The predicted octanol–water partition coefficient (Wildman–Crippen LogP) is 9.94. The van der Waals surface area contributed by atoms with Crippen LogP contribution >= 0.6 is 11.6 Å². The van der Waals surface area contributed by atoms with E-state index in [0.29, 0.717) is 5.02 Å². The molecule has 0 N–H and O–H groups in total. The Morgan fingerprint density at radius 1 is 0.500 bits per heavy atom. The summed E-state index contributed by atoms with van der Waals surface area (Å²) >= 11 is 7.32. The minimum Gasteiger partial charge on any atom is -0.657 e. The maximum atomic E-state index is 7.32. The third-order valence-electron chi connectivity index (χ3n) is 8.89. The molecule has 0 saturated heterocycles.